The van der Waals surface area contributed by atoms with Gasteiger partial charge in [0, 0.05) is 29.4 Å². The molecule has 1 rings (SSSR count). The van der Waals surface area contributed by atoms with E-state index in [4.69, 9.17) is 5.26 Å². The fourth-order valence-electron chi connectivity index (χ4n) is 1.27. The molecule has 0 radical (unpaired) electrons. The van der Waals surface area contributed by atoms with Crippen molar-refractivity contribution in [3.05, 3.63) is 29.3 Å². The number of nitriles is 1. The minimum Gasteiger partial charge on any atom is -0.383 e. The second-order valence-corrected chi connectivity index (χ2v) is 5.01. The predicted octanol–water partition coefficient (Wildman–Crippen LogP) is 2.02. The second-order valence-electron chi connectivity index (χ2n) is 3.46. The van der Waals surface area contributed by atoms with Crippen LogP contribution in [-0.4, -0.2) is 22.8 Å². The van der Waals surface area contributed by atoms with E-state index >= 15 is 0 Å². The van der Waals surface area contributed by atoms with Crippen molar-refractivity contribution in [2.45, 2.75) is 6.42 Å². The molecule has 0 spiro atoms. The van der Waals surface area contributed by atoms with Gasteiger partial charge in [-0.3, -0.25) is 4.21 Å². The lowest BCUT2D eigenvalue weighted by Crippen LogP contribution is -2.08. The number of anilines is 1. The molecule has 1 atom stereocenters. The molecule has 1 aromatic rings. The average molecular weight is 258 g/mol. The van der Waals surface area contributed by atoms with Crippen LogP contribution in [0.4, 0.5) is 14.5 Å². The van der Waals surface area contributed by atoms with Crippen LogP contribution in [0.25, 0.3) is 0 Å². The van der Waals surface area contributed by atoms with Gasteiger partial charge in [-0.25, -0.2) is 8.78 Å². The number of halogens is 2. The van der Waals surface area contributed by atoms with Crippen molar-refractivity contribution >= 4 is 16.5 Å². The smallest absolute Gasteiger partial charge is 0.183 e. The summed E-state index contributed by atoms with van der Waals surface area (Å²) in [6, 6.07) is 4.10. The van der Waals surface area contributed by atoms with Crippen LogP contribution in [-0.2, 0) is 10.8 Å². The standard InChI is InChI=1S/C11H12F2N2OS/c1-17(16)6-2-5-15-9-4-3-8(7-14)10(12)11(9)13/h3-4,15H,2,5-6H2,1H3. The monoisotopic (exact) mass is 258 g/mol. The summed E-state index contributed by atoms with van der Waals surface area (Å²) in [5.74, 6) is -1.69. The first kappa shape index (κ1) is 13.6. The van der Waals surface area contributed by atoms with Crippen LogP contribution in [0.5, 0.6) is 0 Å². The van der Waals surface area contributed by atoms with E-state index in [1.165, 1.54) is 12.1 Å². The number of nitrogens with one attached hydrogen (secondary N) is 1. The SMILES string of the molecule is CS(=O)CCCNc1ccc(C#N)c(F)c1F. The van der Waals surface area contributed by atoms with Crippen molar-refractivity contribution in [1.82, 2.24) is 0 Å². The van der Waals surface area contributed by atoms with E-state index in [0.717, 1.165) is 0 Å². The fraction of sp³-hybridized carbons (Fsp3) is 0.364. The van der Waals surface area contributed by atoms with Gasteiger partial charge in [-0.15, -0.1) is 0 Å². The maximum absolute atomic E-state index is 13.4. The summed E-state index contributed by atoms with van der Waals surface area (Å²) in [6.07, 6.45) is 2.19. The van der Waals surface area contributed by atoms with E-state index < -0.39 is 22.4 Å². The zero-order chi connectivity index (χ0) is 12.8. The third kappa shape index (κ3) is 3.79. The summed E-state index contributed by atoms with van der Waals surface area (Å²) < 4.78 is 37.4. The van der Waals surface area contributed by atoms with Crippen molar-refractivity contribution in [2.24, 2.45) is 0 Å². The molecule has 3 nitrogen and oxygen atoms in total. The normalized spacial score (nSPS) is 11.9. The molecule has 0 heterocycles. The Balaban J connectivity index is 2.64. The lowest BCUT2D eigenvalue weighted by molar-refractivity contribution is 0.508. The van der Waals surface area contributed by atoms with Crippen LogP contribution >= 0.6 is 0 Å². The highest BCUT2D eigenvalue weighted by molar-refractivity contribution is 7.84. The van der Waals surface area contributed by atoms with Gasteiger partial charge in [0.15, 0.2) is 11.6 Å². The van der Waals surface area contributed by atoms with Gasteiger partial charge in [0.05, 0.1) is 11.3 Å². The van der Waals surface area contributed by atoms with E-state index in [9.17, 15) is 13.0 Å². The number of benzene rings is 1. The first-order valence-corrected chi connectivity index (χ1v) is 6.71. The van der Waals surface area contributed by atoms with Gasteiger partial charge >= 0.3 is 0 Å². The minimum atomic E-state index is -1.14. The summed E-state index contributed by atoms with van der Waals surface area (Å²) in [5, 5.41) is 11.2. The van der Waals surface area contributed by atoms with Crippen LogP contribution in [0, 0.1) is 23.0 Å². The van der Waals surface area contributed by atoms with Gasteiger partial charge in [0.25, 0.3) is 0 Å². The van der Waals surface area contributed by atoms with Crippen LogP contribution in [0.3, 0.4) is 0 Å². The number of rotatable bonds is 5. The molecule has 1 aromatic carbocycles. The fourth-order valence-corrected chi connectivity index (χ4v) is 1.82. The van der Waals surface area contributed by atoms with Crippen molar-refractivity contribution in [1.29, 1.82) is 5.26 Å². The Kier molecular flexibility index (Phi) is 5.04. The summed E-state index contributed by atoms with van der Waals surface area (Å²) in [7, 11) is -0.889. The highest BCUT2D eigenvalue weighted by Gasteiger charge is 2.12. The average Bonchev–Trinajstić information content (AvgIpc) is 2.29. The molecular formula is C11H12F2N2OS. The van der Waals surface area contributed by atoms with Gasteiger partial charge in [0.2, 0.25) is 0 Å². The second kappa shape index (κ2) is 6.30. The van der Waals surface area contributed by atoms with Crippen molar-refractivity contribution in [3.8, 4) is 6.07 Å². The molecule has 0 aliphatic carbocycles. The summed E-state index contributed by atoms with van der Waals surface area (Å²) in [6.45, 7) is 0.405. The third-order valence-corrected chi connectivity index (χ3v) is 2.99. The molecular weight excluding hydrogens is 246 g/mol. The molecule has 0 aliphatic heterocycles. The van der Waals surface area contributed by atoms with Gasteiger partial charge in [-0.05, 0) is 18.6 Å². The lowest BCUT2D eigenvalue weighted by atomic mass is 10.2. The summed E-state index contributed by atoms with van der Waals surface area (Å²) in [4.78, 5) is 0. The van der Waals surface area contributed by atoms with Gasteiger partial charge in [-0.2, -0.15) is 5.26 Å². The Labute approximate surface area is 101 Å². The van der Waals surface area contributed by atoms with Gasteiger partial charge in [0.1, 0.15) is 6.07 Å². The maximum atomic E-state index is 13.4. The zero-order valence-electron chi connectivity index (χ0n) is 9.30. The molecule has 1 unspecified atom stereocenters. The largest absolute Gasteiger partial charge is 0.383 e. The molecule has 0 saturated heterocycles. The molecule has 0 bridgehead atoms. The highest BCUT2D eigenvalue weighted by Crippen LogP contribution is 2.19. The van der Waals surface area contributed by atoms with E-state index in [1.54, 1.807) is 12.3 Å². The quantitative estimate of drug-likeness (QED) is 0.822. The molecule has 17 heavy (non-hydrogen) atoms. The maximum Gasteiger partial charge on any atom is 0.183 e. The number of hydrogen-bond acceptors (Lipinski definition) is 3. The molecule has 0 fully saturated rings. The van der Waals surface area contributed by atoms with Crippen molar-refractivity contribution in [3.63, 3.8) is 0 Å². The third-order valence-electron chi connectivity index (χ3n) is 2.13. The van der Waals surface area contributed by atoms with Crippen LogP contribution in [0.2, 0.25) is 0 Å². The predicted molar refractivity (Wildman–Crippen MR) is 63.1 cm³/mol. The minimum absolute atomic E-state index is 0.0170. The topological polar surface area (TPSA) is 52.9 Å². The van der Waals surface area contributed by atoms with E-state index in [0.29, 0.717) is 18.7 Å². The highest BCUT2D eigenvalue weighted by atomic mass is 32.2. The molecule has 1 N–H and O–H groups in total. The molecule has 0 aromatic heterocycles. The molecule has 0 amide bonds. The Bertz CT molecular complexity index is 471. The summed E-state index contributed by atoms with van der Waals surface area (Å²) in [5.41, 5.74) is -0.300. The molecule has 0 aliphatic rings. The van der Waals surface area contributed by atoms with Crippen LogP contribution < -0.4 is 5.32 Å². The first-order chi connectivity index (χ1) is 8.06. The lowest BCUT2D eigenvalue weighted by Gasteiger charge is -2.07. The Hall–Kier alpha value is -1.48. The number of hydrogen-bond donors (Lipinski definition) is 1. The Morgan fingerprint density at radius 3 is 2.71 bits per heavy atom. The van der Waals surface area contributed by atoms with Crippen molar-refractivity contribution in [2.75, 3.05) is 23.9 Å². The molecule has 92 valence electrons. The van der Waals surface area contributed by atoms with E-state index in [-0.39, 0.29) is 11.3 Å². The first-order valence-electron chi connectivity index (χ1n) is 4.98. The van der Waals surface area contributed by atoms with Gasteiger partial charge in [-0.1, -0.05) is 0 Å². The van der Waals surface area contributed by atoms with Gasteiger partial charge < -0.3 is 5.32 Å². The van der Waals surface area contributed by atoms with Crippen LogP contribution in [0.1, 0.15) is 12.0 Å². The number of nitrogens with zero attached hydrogens (tertiary/aromatic N) is 1. The van der Waals surface area contributed by atoms with E-state index in [1.807, 2.05) is 0 Å². The Morgan fingerprint density at radius 2 is 2.12 bits per heavy atom. The Morgan fingerprint density at radius 1 is 1.41 bits per heavy atom. The van der Waals surface area contributed by atoms with Crippen molar-refractivity contribution < 1.29 is 13.0 Å². The zero-order valence-corrected chi connectivity index (χ0v) is 10.1. The van der Waals surface area contributed by atoms with E-state index in [2.05, 4.69) is 5.32 Å². The van der Waals surface area contributed by atoms with Crippen LogP contribution in [0.15, 0.2) is 12.1 Å². The molecule has 0 saturated carbocycles. The molecule has 6 heteroatoms. The summed E-state index contributed by atoms with van der Waals surface area (Å²) >= 11 is 0.